The number of amides is 2. The SMILES string of the molecule is CCOc1ccccc1/C=N\NC(=O)CNC(=O)c1ccc(S(=O)(=O)N(CC)CC)cc1. The summed E-state index contributed by atoms with van der Waals surface area (Å²) in [5, 5.41) is 6.35. The molecule has 0 aliphatic rings. The maximum absolute atomic E-state index is 12.5. The normalized spacial score (nSPS) is 11.5. The number of hydrogen-bond acceptors (Lipinski definition) is 6. The Morgan fingerprint density at radius 2 is 1.69 bits per heavy atom. The smallest absolute Gasteiger partial charge is 0.259 e. The number of hydrogen-bond donors (Lipinski definition) is 2. The molecule has 2 N–H and O–H groups in total. The van der Waals surface area contributed by atoms with Crippen molar-refractivity contribution in [1.82, 2.24) is 15.0 Å². The fourth-order valence-electron chi connectivity index (χ4n) is 2.84. The summed E-state index contributed by atoms with van der Waals surface area (Å²) in [6, 6.07) is 12.8. The Labute approximate surface area is 188 Å². The lowest BCUT2D eigenvalue weighted by molar-refractivity contribution is -0.120. The Morgan fingerprint density at radius 1 is 1.03 bits per heavy atom. The lowest BCUT2D eigenvalue weighted by Gasteiger charge is -2.18. The van der Waals surface area contributed by atoms with Crippen molar-refractivity contribution in [1.29, 1.82) is 0 Å². The maximum Gasteiger partial charge on any atom is 0.259 e. The highest BCUT2D eigenvalue weighted by molar-refractivity contribution is 7.89. The molecule has 0 saturated heterocycles. The van der Waals surface area contributed by atoms with E-state index in [2.05, 4.69) is 15.8 Å². The van der Waals surface area contributed by atoms with Crippen LogP contribution >= 0.6 is 0 Å². The molecule has 10 heteroatoms. The Morgan fingerprint density at radius 3 is 2.31 bits per heavy atom. The Kier molecular flexibility index (Phi) is 9.36. The van der Waals surface area contributed by atoms with E-state index in [1.165, 1.54) is 34.8 Å². The number of rotatable bonds is 11. The van der Waals surface area contributed by atoms with Crippen molar-refractivity contribution in [2.75, 3.05) is 26.2 Å². The van der Waals surface area contributed by atoms with Gasteiger partial charge in [0.15, 0.2) is 0 Å². The number of para-hydroxylation sites is 1. The summed E-state index contributed by atoms with van der Waals surface area (Å²) < 4.78 is 31.8. The second-order valence-electron chi connectivity index (χ2n) is 6.56. The number of carbonyl (C=O) groups is 2. The highest BCUT2D eigenvalue weighted by Gasteiger charge is 2.21. The predicted molar refractivity (Wildman–Crippen MR) is 122 cm³/mol. The van der Waals surface area contributed by atoms with Crippen LogP contribution in [0.1, 0.15) is 36.7 Å². The molecular formula is C22H28N4O5S. The molecule has 0 aliphatic carbocycles. The van der Waals surface area contributed by atoms with Gasteiger partial charge in [0.2, 0.25) is 10.0 Å². The number of nitrogens with zero attached hydrogens (tertiary/aromatic N) is 2. The van der Waals surface area contributed by atoms with E-state index in [1.54, 1.807) is 26.0 Å². The fraction of sp³-hybridized carbons (Fsp3) is 0.318. The Hall–Kier alpha value is -3.24. The first-order chi connectivity index (χ1) is 15.3. The number of carbonyl (C=O) groups excluding carboxylic acids is 2. The second kappa shape index (κ2) is 12.0. The van der Waals surface area contributed by atoms with Gasteiger partial charge >= 0.3 is 0 Å². The van der Waals surface area contributed by atoms with Gasteiger partial charge in [-0.1, -0.05) is 26.0 Å². The van der Waals surface area contributed by atoms with Crippen LogP contribution in [0.2, 0.25) is 0 Å². The van der Waals surface area contributed by atoms with Crippen molar-refractivity contribution in [3.63, 3.8) is 0 Å². The number of ether oxygens (including phenoxy) is 1. The Bertz CT molecular complexity index is 1050. The molecule has 2 rings (SSSR count). The fourth-order valence-corrected chi connectivity index (χ4v) is 4.30. The van der Waals surface area contributed by atoms with E-state index in [1.807, 2.05) is 19.1 Å². The van der Waals surface area contributed by atoms with Crippen LogP contribution in [0.25, 0.3) is 0 Å². The van der Waals surface area contributed by atoms with Gasteiger partial charge in [0.05, 0.1) is 24.3 Å². The van der Waals surface area contributed by atoms with Gasteiger partial charge in [-0.3, -0.25) is 9.59 Å². The first kappa shape index (κ1) is 25.0. The zero-order chi connectivity index (χ0) is 23.6. The molecule has 2 amide bonds. The van der Waals surface area contributed by atoms with E-state index in [4.69, 9.17) is 4.74 Å². The molecule has 9 nitrogen and oxygen atoms in total. The molecule has 0 aliphatic heterocycles. The summed E-state index contributed by atoms with van der Waals surface area (Å²) >= 11 is 0. The number of nitrogens with one attached hydrogen (secondary N) is 2. The van der Waals surface area contributed by atoms with E-state index in [-0.39, 0.29) is 17.0 Å². The summed E-state index contributed by atoms with van der Waals surface area (Å²) in [7, 11) is -3.60. The first-order valence-corrected chi connectivity index (χ1v) is 11.7. The minimum absolute atomic E-state index is 0.108. The van der Waals surface area contributed by atoms with Crippen molar-refractivity contribution in [3.8, 4) is 5.75 Å². The molecule has 0 fully saturated rings. The van der Waals surface area contributed by atoms with E-state index < -0.39 is 21.8 Å². The highest BCUT2D eigenvalue weighted by atomic mass is 32.2. The van der Waals surface area contributed by atoms with E-state index >= 15 is 0 Å². The quantitative estimate of drug-likeness (QED) is 0.393. The molecule has 0 unspecified atom stereocenters. The van der Waals surface area contributed by atoms with Gasteiger partial charge in [-0.25, -0.2) is 13.8 Å². The van der Waals surface area contributed by atoms with E-state index in [0.717, 1.165) is 0 Å². The van der Waals surface area contributed by atoms with Crippen molar-refractivity contribution in [3.05, 3.63) is 59.7 Å². The predicted octanol–water partition coefficient (Wildman–Crippen LogP) is 2.00. The molecule has 0 heterocycles. The Balaban J connectivity index is 1.90. The van der Waals surface area contributed by atoms with Crippen molar-refractivity contribution in [2.24, 2.45) is 5.10 Å². The minimum atomic E-state index is -3.60. The molecule has 172 valence electrons. The van der Waals surface area contributed by atoms with Crippen LogP contribution < -0.4 is 15.5 Å². The summed E-state index contributed by atoms with van der Waals surface area (Å²) in [5.74, 6) is -0.366. The van der Waals surface area contributed by atoms with Crippen molar-refractivity contribution in [2.45, 2.75) is 25.7 Å². The lowest BCUT2D eigenvalue weighted by Crippen LogP contribution is -2.35. The molecule has 0 atom stereocenters. The average molecular weight is 461 g/mol. The van der Waals surface area contributed by atoms with E-state index in [0.29, 0.717) is 31.0 Å². The van der Waals surface area contributed by atoms with Gasteiger partial charge in [0, 0.05) is 24.2 Å². The summed E-state index contributed by atoms with van der Waals surface area (Å²) in [4.78, 5) is 24.3. The maximum atomic E-state index is 12.5. The molecule has 0 spiro atoms. The van der Waals surface area contributed by atoms with Crippen molar-refractivity contribution >= 4 is 28.1 Å². The minimum Gasteiger partial charge on any atom is -0.493 e. The van der Waals surface area contributed by atoms with Crippen LogP contribution in [0.3, 0.4) is 0 Å². The van der Waals surface area contributed by atoms with Gasteiger partial charge in [0.1, 0.15) is 5.75 Å². The van der Waals surface area contributed by atoms with Gasteiger partial charge in [-0.2, -0.15) is 9.41 Å². The van der Waals surface area contributed by atoms with Crippen molar-refractivity contribution < 1.29 is 22.7 Å². The van der Waals surface area contributed by atoms with E-state index in [9.17, 15) is 18.0 Å². The number of benzene rings is 2. The molecule has 0 radical (unpaired) electrons. The third kappa shape index (κ3) is 6.63. The topological polar surface area (TPSA) is 117 Å². The van der Waals surface area contributed by atoms with Gasteiger partial charge in [0.25, 0.3) is 11.8 Å². The largest absolute Gasteiger partial charge is 0.493 e. The third-order valence-corrected chi connectivity index (χ3v) is 6.55. The number of hydrazone groups is 1. The van der Waals surface area contributed by atoms with Crippen LogP contribution in [-0.4, -0.2) is 57.0 Å². The number of sulfonamides is 1. The first-order valence-electron chi connectivity index (χ1n) is 10.3. The molecule has 0 aromatic heterocycles. The highest BCUT2D eigenvalue weighted by Crippen LogP contribution is 2.16. The van der Waals surface area contributed by atoms with Crippen LogP contribution in [0.5, 0.6) is 5.75 Å². The summed E-state index contributed by atoms with van der Waals surface area (Å²) in [5.41, 5.74) is 3.29. The average Bonchev–Trinajstić information content (AvgIpc) is 2.79. The van der Waals surface area contributed by atoms with Crippen LogP contribution in [0.4, 0.5) is 0 Å². The second-order valence-corrected chi connectivity index (χ2v) is 8.50. The van der Waals surface area contributed by atoms with Gasteiger partial charge in [-0.15, -0.1) is 0 Å². The van der Waals surface area contributed by atoms with Crippen LogP contribution in [-0.2, 0) is 14.8 Å². The molecule has 2 aromatic carbocycles. The molecule has 32 heavy (non-hydrogen) atoms. The molecule has 0 saturated carbocycles. The third-order valence-electron chi connectivity index (χ3n) is 4.48. The molecular weight excluding hydrogens is 432 g/mol. The monoisotopic (exact) mass is 460 g/mol. The van der Waals surface area contributed by atoms with Gasteiger partial charge < -0.3 is 10.1 Å². The summed E-state index contributed by atoms with van der Waals surface area (Å²) in [6.45, 7) is 6.32. The zero-order valence-corrected chi connectivity index (χ0v) is 19.2. The molecule has 0 bridgehead atoms. The summed E-state index contributed by atoms with van der Waals surface area (Å²) in [6.07, 6.45) is 1.46. The van der Waals surface area contributed by atoms with Crippen LogP contribution in [0, 0.1) is 0 Å². The van der Waals surface area contributed by atoms with Crippen LogP contribution in [0.15, 0.2) is 58.5 Å². The lowest BCUT2D eigenvalue weighted by atomic mass is 10.2. The van der Waals surface area contributed by atoms with Gasteiger partial charge in [-0.05, 0) is 43.3 Å². The standard InChI is InChI=1S/C22H28N4O5S/c1-4-26(5-2)32(29,30)19-13-11-17(12-14-19)22(28)23-16-21(27)25-24-15-18-9-7-8-10-20(18)31-6-3/h7-15H,4-6,16H2,1-3H3,(H,23,28)(H,25,27)/b24-15-. The molecule has 2 aromatic rings. The zero-order valence-electron chi connectivity index (χ0n) is 18.4.